The fourth-order valence-electron chi connectivity index (χ4n) is 1.88. The number of ether oxygens (including phenoxy) is 2. The predicted octanol–water partition coefficient (Wildman–Crippen LogP) is 3.26. The molecule has 0 aliphatic rings. The van der Waals surface area contributed by atoms with Gasteiger partial charge < -0.3 is 14.8 Å². The lowest BCUT2D eigenvalue weighted by Crippen LogP contribution is -2.26. The summed E-state index contributed by atoms with van der Waals surface area (Å²) in [5.41, 5.74) is 1.65. The van der Waals surface area contributed by atoms with E-state index >= 15 is 0 Å². The second-order valence-corrected chi connectivity index (χ2v) is 5.10. The molecule has 1 N–H and O–H groups in total. The van der Waals surface area contributed by atoms with Crippen LogP contribution >= 0.6 is 11.3 Å². The van der Waals surface area contributed by atoms with Gasteiger partial charge in [0.1, 0.15) is 0 Å². The number of benzene rings is 1. The van der Waals surface area contributed by atoms with Crippen LogP contribution in [0.1, 0.15) is 28.9 Å². The Morgan fingerprint density at radius 2 is 1.95 bits per heavy atom. The number of carbonyl (C=O) groups excluding carboxylic acids is 1. The third kappa shape index (κ3) is 3.11. The summed E-state index contributed by atoms with van der Waals surface area (Å²) < 4.78 is 10.5. The van der Waals surface area contributed by atoms with Crippen LogP contribution in [0.5, 0.6) is 11.5 Å². The summed E-state index contributed by atoms with van der Waals surface area (Å²) in [4.78, 5) is 12.0. The summed E-state index contributed by atoms with van der Waals surface area (Å²) in [5.74, 6) is 1.25. The fourth-order valence-corrected chi connectivity index (χ4v) is 2.52. The number of carbonyl (C=O) groups is 1. The smallest absolute Gasteiger partial charge is 0.252 e. The SMILES string of the molecule is COc1ccc([C@H](C)NC(=O)c2ccsc2)cc1OC. The van der Waals surface area contributed by atoms with Crippen molar-refractivity contribution in [1.29, 1.82) is 0 Å². The highest BCUT2D eigenvalue weighted by Gasteiger charge is 2.14. The van der Waals surface area contributed by atoms with Gasteiger partial charge in [-0.05, 0) is 36.1 Å². The van der Waals surface area contributed by atoms with E-state index in [0.717, 1.165) is 5.56 Å². The minimum absolute atomic E-state index is 0.0754. The van der Waals surface area contributed by atoms with Crippen LogP contribution in [0.25, 0.3) is 0 Å². The summed E-state index contributed by atoms with van der Waals surface area (Å²) in [6.45, 7) is 1.94. The standard InChI is InChI=1S/C15H17NO3S/c1-10(16-15(17)12-6-7-20-9-12)11-4-5-13(18-2)14(8-11)19-3/h4-10H,1-3H3,(H,16,17)/t10-/m0/s1. The Morgan fingerprint density at radius 1 is 1.20 bits per heavy atom. The van der Waals surface area contributed by atoms with Gasteiger partial charge in [0.2, 0.25) is 0 Å². The van der Waals surface area contributed by atoms with Gasteiger partial charge in [-0.1, -0.05) is 6.07 Å². The van der Waals surface area contributed by atoms with Gasteiger partial charge in [0.15, 0.2) is 11.5 Å². The molecule has 0 aliphatic heterocycles. The highest BCUT2D eigenvalue weighted by atomic mass is 32.1. The molecule has 1 amide bonds. The molecule has 0 saturated carbocycles. The summed E-state index contributed by atoms with van der Waals surface area (Å²) in [6.07, 6.45) is 0. The molecule has 1 aromatic carbocycles. The van der Waals surface area contributed by atoms with E-state index in [-0.39, 0.29) is 11.9 Å². The molecule has 1 heterocycles. The molecule has 106 valence electrons. The number of thiophene rings is 1. The number of hydrogen-bond donors (Lipinski definition) is 1. The summed E-state index contributed by atoms with van der Waals surface area (Å²) in [7, 11) is 3.19. The first-order valence-electron chi connectivity index (χ1n) is 6.20. The van der Waals surface area contributed by atoms with E-state index < -0.39 is 0 Å². The number of methoxy groups -OCH3 is 2. The summed E-state index contributed by atoms with van der Waals surface area (Å²) in [6, 6.07) is 7.32. The van der Waals surface area contributed by atoms with Crippen LogP contribution in [-0.2, 0) is 0 Å². The molecule has 5 heteroatoms. The Kier molecular flexibility index (Phi) is 4.63. The van der Waals surface area contributed by atoms with Crippen LogP contribution < -0.4 is 14.8 Å². The van der Waals surface area contributed by atoms with Crippen molar-refractivity contribution in [1.82, 2.24) is 5.32 Å². The van der Waals surface area contributed by atoms with E-state index in [0.29, 0.717) is 17.1 Å². The van der Waals surface area contributed by atoms with E-state index in [4.69, 9.17) is 9.47 Å². The molecule has 2 aromatic rings. The van der Waals surface area contributed by atoms with E-state index in [9.17, 15) is 4.79 Å². The first-order valence-corrected chi connectivity index (χ1v) is 7.15. The van der Waals surface area contributed by atoms with Crippen LogP contribution in [0.3, 0.4) is 0 Å². The number of nitrogens with one attached hydrogen (secondary N) is 1. The van der Waals surface area contributed by atoms with Crippen LogP contribution in [0, 0.1) is 0 Å². The quantitative estimate of drug-likeness (QED) is 0.920. The molecular weight excluding hydrogens is 274 g/mol. The van der Waals surface area contributed by atoms with Gasteiger partial charge >= 0.3 is 0 Å². The molecular formula is C15H17NO3S. The Labute approximate surface area is 122 Å². The van der Waals surface area contributed by atoms with E-state index in [2.05, 4.69) is 5.32 Å². The van der Waals surface area contributed by atoms with Crippen molar-refractivity contribution in [3.63, 3.8) is 0 Å². The third-order valence-corrected chi connectivity index (χ3v) is 3.72. The monoisotopic (exact) mass is 291 g/mol. The maximum atomic E-state index is 12.0. The second kappa shape index (κ2) is 6.43. The molecule has 0 spiro atoms. The van der Waals surface area contributed by atoms with Crippen molar-refractivity contribution in [3.05, 3.63) is 46.2 Å². The van der Waals surface area contributed by atoms with Crippen molar-refractivity contribution < 1.29 is 14.3 Å². The van der Waals surface area contributed by atoms with Gasteiger partial charge in [-0.2, -0.15) is 11.3 Å². The predicted molar refractivity (Wildman–Crippen MR) is 79.7 cm³/mol. The van der Waals surface area contributed by atoms with Gasteiger partial charge in [0.05, 0.1) is 25.8 Å². The van der Waals surface area contributed by atoms with Crippen LogP contribution in [0.2, 0.25) is 0 Å². The molecule has 0 fully saturated rings. The van der Waals surface area contributed by atoms with E-state index in [1.54, 1.807) is 20.3 Å². The molecule has 0 aliphatic carbocycles. The normalized spacial score (nSPS) is 11.8. The highest BCUT2D eigenvalue weighted by molar-refractivity contribution is 7.08. The Morgan fingerprint density at radius 3 is 2.55 bits per heavy atom. The molecule has 4 nitrogen and oxygen atoms in total. The number of hydrogen-bond acceptors (Lipinski definition) is 4. The van der Waals surface area contributed by atoms with Gasteiger partial charge in [0.25, 0.3) is 5.91 Å². The topological polar surface area (TPSA) is 47.6 Å². The Balaban J connectivity index is 2.13. The molecule has 1 atom stereocenters. The van der Waals surface area contributed by atoms with Gasteiger partial charge in [-0.15, -0.1) is 0 Å². The van der Waals surface area contributed by atoms with Crippen molar-refractivity contribution in [2.24, 2.45) is 0 Å². The van der Waals surface area contributed by atoms with Crippen molar-refractivity contribution in [2.75, 3.05) is 14.2 Å². The fraction of sp³-hybridized carbons (Fsp3) is 0.267. The second-order valence-electron chi connectivity index (χ2n) is 4.32. The maximum absolute atomic E-state index is 12.0. The zero-order chi connectivity index (χ0) is 14.5. The number of rotatable bonds is 5. The van der Waals surface area contributed by atoms with Gasteiger partial charge in [0, 0.05) is 5.38 Å². The average Bonchev–Trinajstić information content (AvgIpc) is 3.00. The molecule has 0 unspecified atom stereocenters. The molecule has 0 bridgehead atoms. The van der Waals surface area contributed by atoms with Gasteiger partial charge in [-0.25, -0.2) is 0 Å². The average molecular weight is 291 g/mol. The minimum Gasteiger partial charge on any atom is -0.493 e. The Bertz CT molecular complexity index is 581. The lowest BCUT2D eigenvalue weighted by Gasteiger charge is -2.16. The van der Waals surface area contributed by atoms with Crippen LogP contribution in [-0.4, -0.2) is 20.1 Å². The lowest BCUT2D eigenvalue weighted by molar-refractivity contribution is 0.0940. The van der Waals surface area contributed by atoms with E-state index in [1.165, 1.54) is 11.3 Å². The first kappa shape index (κ1) is 14.4. The molecule has 20 heavy (non-hydrogen) atoms. The van der Waals surface area contributed by atoms with Crippen molar-refractivity contribution >= 4 is 17.2 Å². The molecule has 0 radical (unpaired) electrons. The van der Waals surface area contributed by atoms with Crippen LogP contribution in [0.4, 0.5) is 0 Å². The van der Waals surface area contributed by atoms with Crippen LogP contribution in [0.15, 0.2) is 35.0 Å². The third-order valence-electron chi connectivity index (χ3n) is 3.04. The van der Waals surface area contributed by atoms with E-state index in [1.807, 2.05) is 35.9 Å². The summed E-state index contributed by atoms with van der Waals surface area (Å²) in [5, 5.41) is 6.67. The zero-order valence-corrected chi connectivity index (χ0v) is 12.5. The highest BCUT2D eigenvalue weighted by Crippen LogP contribution is 2.29. The summed E-state index contributed by atoms with van der Waals surface area (Å²) >= 11 is 1.50. The van der Waals surface area contributed by atoms with Crippen molar-refractivity contribution in [2.45, 2.75) is 13.0 Å². The lowest BCUT2D eigenvalue weighted by atomic mass is 10.1. The Hall–Kier alpha value is -2.01. The minimum atomic E-state index is -0.109. The maximum Gasteiger partial charge on any atom is 0.252 e. The molecule has 0 saturated heterocycles. The largest absolute Gasteiger partial charge is 0.493 e. The molecule has 2 rings (SSSR count). The van der Waals surface area contributed by atoms with Gasteiger partial charge in [-0.3, -0.25) is 4.79 Å². The first-order chi connectivity index (χ1) is 9.65. The molecule has 1 aromatic heterocycles. The van der Waals surface area contributed by atoms with Crippen molar-refractivity contribution in [3.8, 4) is 11.5 Å². The zero-order valence-electron chi connectivity index (χ0n) is 11.7. The number of amides is 1.